The van der Waals surface area contributed by atoms with E-state index in [1.165, 1.54) is 19.2 Å². The summed E-state index contributed by atoms with van der Waals surface area (Å²) in [6, 6.07) is 0.874. The van der Waals surface area contributed by atoms with E-state index in [9.17, 15) is 19.2 Å². The number of methoxy groups -OCH3 is 1. The standard InChI is InChI=1S/C15H18N2O9/c1-7-3-8(16-12(14(22)23)15(24)25)13(26-2)9(4-7)17(5-10(18)19)6-11(20)21/h3-4,12,16H,5-6H2,1-2H3,(H,18,19)(H,20,21)(H,22,23)(H,24,25). The minimum absolute atomic E-state index is 0.0296. The zero-order valence-corrected chi connectivity index (χ0v) is 13.9. The van der Waals surface area contributed by atoms with Gasteiger partial charge >= 0.3 is 23.9 Å². The molecular formula is C15H18N2O9. The average molecular weight is 370 g/mol. The maximum absolute atomic E-state index is 11.1. The lowest BCUT2D eigenvalue weighted by atomic mass is 10.1. The van der Waals surface area contributed by atoms with Gasteiger partial charge in [0.25, 0.3) is 0 Å². The number of carbonyl (C=O) groups is 4. The molecule has 0 saturated heterocycles. The van der Waals surface area contributed by atoms with Crippen LogP contribution in [0, 0.1) is 6.92 Å². The smallest absolute Gasteiger partial charge is 0.337 e. The quantitative estimate of drug-likeness (QED) is 0.349. The van der Waals surface area contributed by atoms with Crippen molar-refractivity contribution >= 4 is 35.3 Å². The van der Waals surface area contributed by atoms with Crippen molar-refractivity contribution in [2.24, 2.45) is 0 Å². The minimum atomic E-state index is -1.98. The first-order valence-electron chi connectivity index (χ1n) is 7.16. The highest BCUT2D eigenvalue weighted by Gasteiger charge is 2.28. The molecule has 0 aliphatic heterocycles. The van der Waals surface area contributed by atoms with Gasteiger partial charge in [-0.05, 0) is 24.6 Å². The van der Waals surface area contributed by atoms with E-state index in [0.717, 1.165) is 4.90 Å². The molecule has 0 atom stereocenters. The van der Waals surface area contributed by atoms with E-state index in [-0.39, 0.29) is 17.1 Å². The van der Waals surface area contributed by atoms with Gasteiger partial charge in [-0.1, -0.05) is 0 Å². The van der Waals surface area contributed by atoms with Gasteiger partial charge in [0.2, 0.25) is 6.04 Å². The molecule has 1 aromatic rings. The topological polar surface area (TPSA) is 174 Å². The van der Waals surface area contributed by atoms with Gasteiger partial charge in [-0.3, -0.25) is 9.59 Å². The van der Waals surface area contributed by atoms with Crippen LogP contribution in [0.4, 0.5) is 11.4 Å². The predicted octanol–water partition coefficient (Wildman–Crippen LogP) is -0.0711. The first kappa shape index (κ1) is 20.5. The summed E-state index contributed by atoms with van der Waals surface area (Å²) in [6.07, 6.45) is 0. The van der Waals surface area contributed by atoms with Crippen molar-refractivity contribution in [3.63, 3.8) is 0 Å². The highest BCUT2D eigenvalue weighted by atomic mass is 16.5. The molecule has 0 saturated carbocycles. The number of aliphatic carboxylic acids is 4. The van der Waals surface area contributed by atoms with E-state index in [1.54, 1.807) is 6.92 Å². The molecule has 0 amide bonds. The van der Waals surface area contributed by atoms with Gasteiger partial charge < -0.3 is 35.4 Å². The molecule has 1 aromatic carbocycles. The van der Waals surface area contributed by atoms with Crippen LogP contribution in [-0.2, 0) is 19.2 Å². The number of ether oxygens (including phenoxy) is 1. The molecule has 0 fully saturated rings. The second-order valence-corrected chi connectivity index (χ2v) is 5.26. The summed E-state index contributed by atoms with van der Waals surface area (Å²) in [5.41, 5.74) is 0.533. The average Bonchev–Trinajstić information content (AvgIpc) is 2.49. The first-order valence-corrected chi connectivity index (χ1v) is 7.16. The maximum atomic E-state index is 11.1. The zero-order chi connectivity index (χ0) is 20.0. The van der Waals surface area contributed by atoms with Crippen molar-refractivity contribution in [3.8, 4) is 5.75 Å². The molecule has 11 nitrogen and oxygen atoms in total. The third-order valence-electron chi connectivity index (χ3n) is 3.20. The normalized spacial score (nSPS) is 10.3. The molecule has 0 bridgehead atoms. The molecule has 26 heavy (non-hydrogen) atoms. The molecule has 0 spiro atoms. The predicted molar refractivity (Wildman–Crippen MR) is 87.9 cm³/mol. The van der Waals surface area contributed by atoms with Crippen molar-refractivity contribution in [1.82, 2.24) is 0 Å². The van der Waals surface area contributed by atoms with Crippen LogP contribution in [0.15, 0.2) is 12.1 Å². The maximum Gasteiger partial charge on any atom is 0.337 e. The van der Waals surface area contributed by atoms with E-state index in [2.05, 4.69) is 5.32 Å². The fourth-order valence-corrected chi connectivity index (χ4v) is 2.25. The number of aryl methyl sites for hydroxylation is 1. The van der Waals surface area contributed by atoms with E-state index in [4.69, 9.17) is 25.2 Å². The Labute approximate surface area is 147 Å². The Balaban J connectivity index is 3.46. The molecule has 0 radical (unpaired) electrons. The molecular weight excluding hydrogens is 352 g/mol. The van der Waals surface area contributed by atoms with Gasteiger partial charge in [0, 0.05) is 0 Å². The second-order valence-electron chi connectivity index (χ2n) is 5.26. The molecule has 142 valence electrons. The first-order chi connectivity index (χ1) is 12.1. The lowest BCUT2D eigenvalue weighted by Crippen LogP contribution is -2.38. The number of carboxylic acid groups (broad SMARTS) is 4. The fraction of sp³-hybridized carbons (Fsp3) is 0.333. The molecule has 0 unspecified atom stereocenters. The Morgan fingerprint density at radius 3 is 1.92 bits per heavy atom. The zero-order valence-electron chi connectivity index (χ0n) is 13.9. The lowest BCUT2D eigenvalue weighted by Gasteiger charge is -2.26. The van der Waals surface area contributed by atoms with Crippen LogP contribution in [0.2, 0.25) is 0 Å². The number of benzene rings is 1. The van der Waals surface area contributed by atoms with E-state index >= 15 is 0 Å². The van der Waals surface area contributed by atoms with Crippen molar-refractivity contribution in [3.05, 3.63) is 17.7 Å². The Morgan fingerprint density at radius 1 is 1.04 bits per heavy atom. The van der Waals surface area contributed by atoms with E-state index < -0.39 is 43.0 Å². The Bertz CT molecular complexity index is 702. The van der Waals surface area contributed by atoms with Gasteiger partial charge in [-0.25, -0.2) is 9.59 Å². The van der Waals surface area contributed by atoms with Crippen LogP contribution >= 0.6 is 0 Å². The Kier molecular flexibility index (Phi) is 6.76. The molecule has 1 rings (SSSR count). The van der Waals surface area contributed by atoms with Gasteiger partial charge in [0.15, 0.2) is 5.75 Å². The summed E-state index contributed by atoms with van der Waals surface area (Å²) < 4.78 is 5.16. The van der Waals surface area contributed by atoms with Crippen LogP contribution < -0.4 is 15.0 Å². The number of carboxylic acids is 4. The number of rotatable bonds is 10. The molecule has 0 aliphatic rings. The number of nitrogens with zero attached hydrogens (tertiary/aromatic N) is 1. The largest absolute Gasteiger partial charge is 0.492 e. The van der Waals surface area contributed by atoms with Crippen molar-refractivity contribution in [2.45, 2.75) is 13.0 Å². The van der Waals surface area contributed by atoms with Crippen molar-refractivity contribution in [1.29, 1.82) is 0 Å². The summed E-state index contributed by atoms with van der Waals surface area (Å²) in [6.45, 7) is 0.268. The molecule has 11 heteroatoms. The fourth-order valence-electron chi connectivity index (χ4n) is 2.25. The van der Waals surface area contributed by atoms with Crippen LogP contribution in [0.1, 0.15) is 5.56 Å². The van der Waals surface area contributed by atoms with E-state index in [0.29, 0.717) is 5.56 Å². The Hall–Kier alpha value is -3.50. The molecule has 0 heterocycles. The van der Waals surface area contributed by atoms with Crippen molar-refractivity contribution < 1.29 is 44.3 Å². The Morgan fingerprint density at radius 2 is 1.54 bits per heavy atom. The van der Waals surface area contributed by atoms with Crippen LogP contribution in [0.5, 0.6) is 5.75 Å². The van der Waals surface area contributed by atoms with Crippen LogP contribution in [0.25, 0.3) is 0 Å². The summed E-state index contributed by atoms with van der Waals surface area (Å²) >= 11 is 0. The van der Waals surface area contributed by atoms with Gasteiger partial charge in [-0.15, -0.1) is 0 Å². The van der Waals surface area contributed by atoms with Gasteiger partial charge in [0.05, 0.1) is 18.5 Å². The number of nitrogens with one attached hydrogen (secondary N) is 1. The summed E-state index contributed by atoms with van der Waals surface area (Å²) in [5, 5.41) is 38.3. The number of hydrogen-bond donors (Lipinski definition) is 5. The van der Waals surface area contributed by atoms with Gasteiger partial charge in [0.1, 0.15) is 13.1 Å². The summed E-state index contributed by atoms with van der Waals surface area (Å²) in [7, 11) is 1.20. The SMILES string of the molecule is COc1c(NC(C(=O)O)C(=O)O)cc(C)cc1N(CC(=O)O)CC(=O)O. The highest BCUT2D eigenvalue weighted by Crippen LogP contribution is 2.37. The highest BCUT2D eigenvalue weighted by molar-refractivity contribution is 6.01. The monoisotopic (exact) mass is 370 g/mol. The van der Waals surface area contributed by atoms with Crippen LogP contribution in [0.3, 0.4) is 0 Å². The van der Waals surface area contributed by atoms with Crippen molar-refractivity contribution in [2.75, 3.05) is 30.4 Å². The van der Waals surface area contributed by atoms with E-state index in [1.807, 2.05) is 0 Å². The molecule has 0 aliphatic carbocycles. The lowest BCUT2D eigenvalue weighted by molar-refractivity contribution is -0.148. The number of anilines is 2. The summed E-state index contributed by atoms with van der Waals surface area (Å²) in [5.74, 6) is -5.95. The molecule has 5 N–H and O–H groups in total. The number of hydrogen-bond acceptors (Lipinski definition) is 7. The van der Waals surface area contributed by atoms with Gasteiger partial charge in [-0.2, -0.15) is 0 Å². The summed E-state index contributed by atoms with van der Waals surface area (Å²) in [4.78, 5) is 45.3. The minimum Gasteiger partial charge on any atom is -0.492 e. The third-order valence-corrected chi connectivity index (χ3v) is 3.20. The van der Waals surface area contributed by atoms with Crippen LogP contribution in [-0.4, -0.2) is 70.5 Å². The molecule has 0 aromatic heterocycles. The third kappa shape index (κ3) is 5.26. The second kappa shape index (κ2) is 8.55.